The summed E-state index contributed by atoms with van der Waals surface area (Å²) in [5, 5.41) is 4.81. The highest BCUT2D eigenvalue weighted by atomic mass is 19.1. The number of amides is 1. The lowest BCUT2D eigenvalue weighted by molar-refractivity contribution is 0.102. The molecule has 1 amide bonds. The minimum atomic E-state index is -0.767. The monoisotopic (exact) mass is 623 g/mol. The fraction of sp³-hybridized carbons (Fsp3) is 0.176. The van der Waals surface area contributed by atoms with Crippen LogP contribution in [0.15, 0.2) is 77.9 Å². The molecule has 10 nitrogen and oxygen atoms in total. The molecule has 0 aliphatic carbocycles. The lowest BCUT2D eigenvalue weighted by Crippen LogP contribution is -2.26. The highest BCUT2D eigenvalue weighted by Gasteiger charge is 2.29. The van der Waals surface area contributed by atoms with Gasteiger partial charge in [-0.15, -0.1) is 0 Å². The van der Waals surface area contributed by atoms with E-state index in [1.807, 2.05) is 24.3 Å². The molecule has 12 heteroatoms. The van der Waals surface area contributed by atoms with Crippen molar-refractivity contribution < 1.29 is 27.8 Å². The second-order valence-corrected chi connectivity index (χ2v) is 10.7. The summed E-state index contributed by atoms with van der Waals surface area (Å²) in [6.45, 7) is 0.388. The van der Waals surface area contributed by atoms with Crippen molar-refractivity contribution in [3.05, 3.63) is 106 Å². The van der Waals surface area contributed by atoms with Crippen molar-refractivity contribution in [1.82, 2.24) is 19.3 Å². The number of hydrogen-bond acceptors (Lipinski definition) is 7. The number of carbonyl (C=O) groups excluding carboxylic acids is 1. The number of nitrogens with one attached hydrogen (secondary N) is 1. The molecule has 1 aliphatic heterocycles. The van der Waals surface area contributed by atoms with Gasteiger partial charge in [-0.05, 0) is 49.6 Å². The third-order valence-electron chi connectivity index (χ3n) is 8.09. The summed E-state index contributed by atoms with van der Waals surface area (Å²) in [5.74, 6) is -0.340. The van der Waals surface area contributed by atoms with E-state index in [2.05, 4.69) is 15.3 Å². The Kier molecular flexibility index (Phi) is 7.31. The second kappa shape index (κ2) is 11.6. The first-order chi connectivity index (χ1) is 22.4. The Morgan fingerprint density at radius 3 is 2.46 bits per heavy atom. The van der Waals surface area contributed by atoms with Crippen LogP contribution >= 0.6 is 0 Å². The maximum Gasteiger partial charge on any atom is 0.284 e. The van der Waals surface area contributed by atoms with E-state index in [0.29, 0.717) is 69.2 Å². The SMILES string of the molecule is COc1cc2ncnc(Oc3ccc(NC(=O)c4c5n(n(-c6cc(F)ccc6F)c4=O)CCCC5)c4ccccc34)c2cc1OC. The normalized spacial score (nSPS) is 12.6. The maximum atomic E-state index is 14.8. The molecule has 0 spiro atoms. The van der Waals surface area contributed by atoms with Gasteiger partial charge in [-0.1, -0.05) is 24.3 Å². The molecule has 0 unspecified atom stereocenters. The van der Waals surface area contributed by atoms with Gasteiger partial charge >= 0.3 is 0 Å². The van der Waals surface area contributed by atoms with E-state index >= 15 is 0 Å². The van der Waals surface area contributed by atoms with Crippen LogP contribution in [0.1, 0.15) is 28.9 Å². The quantitative estimate of drug-likeness (QED) is 0.219. The van der Waals surface area contributed by atoms with Gasteiger partial charge in [-0.2, -0.15) is 0 Å². The molecule has 0 saturated carbocycles. The molecule has 1 aliphatic rings. The molecule has 0 fully saturated rings. The Labute approximate surface area is 260 Å². The van der Waals surface area contributed by atoms with Gasteiger partial charge in [0, 0.05) is 35.1 Å². The van der Waals surface area contributed by atoms with Crippen molar-refractivity contribution in [3.8, 4) is 28.8 Å². The van der Waals surface area contributed by atoms with E-state index in [1.54, 1.807) is 36.1 Å². The number of anilines is 1. The maximum absolute atomic E-state index is 14.8. The first-order valence-corrected chi connectivity index (χ1v) is 14.6. The molecule has 232 valence electrons. The lowest BCUT2D eigenvalue weighted by atomic mass is 10.0. The topological polar surface area (TPSA) is 110 Å². The van der Waals surface area contributed by atoms with Crippen LogP contribution in [0.3, 0.4) is 0 Å². The van der Waals surface area contributed by atoms with Gasteiger partial charge in [-0.3, -0.25) is 14.3 Å². The molecule has 6 aromatic rings. The zero-order valence-corrected chi connectivity index (χ0v) is 24.8. The summed E-state index contributed by atoms with van der Waals surface area (Å²) in [6.07, 6.45) is 3.31. The van der Waals surface area contributed by atoms with Crippen molar-refractivity contribution in [2.24, 2.45) is 0 Å². The van der Waals surface area contributed by atoms with Crippen molar-refractivity contribution >= 4 is 33.3 Å². The summed E-state index contributed by atoms with van der Waals surface area (Å²) in [4.78, 5) is 36.2. The number of ether oxygens (including phenoxy) is 3. The van der Waals surface area contributed by atoms with Crippen LogP contribution in [0.4, 0.5) is 14.5 Å². The summed E-state index contributed by atoms with van der Waals surface area (Å²) >= 11 is 0. The van der Waals surface area contributed by atoms with Crippen molar-refractivity contribution in [3.63, 3.8) is 0 Å². The van der Waals surface area contributed by atoms with Gasteiger partial charge in [0.15, 0.2) is 11.5 Å². The van der Waals surface area contributed by atoms with Crippen molar-refractivity contribution in [2.45, 2.75) is 25.8 Å². The number of carbonyl (C=O) groups is 1. The second-order valence-electron chi connectivity index (χ2n) is 10.7. The first-order valence-electron chi connectivity index (χ1n) is 14.6. The average molecular weight is 624 g/mol. The van der Waals surface area contributed by atoms with Gasteiger partial charge in [0.25, 0.3) is 11.5 Å². The Hall–Kier alpha value is -5.78. The number of hydrogen-bond donors (Lipinski definition) is 1. The zero-order valence-electron chi connectivity index (χ0n) is 24.8. The summed E-state index contributed by atoms with van der Waals surface area (Å²) in [5.41, 5.74) is 0.438. The van der Waals surface area contributed by atoms with E-state index in [1.165, 1.54) is 13.4 Å². The van der Waals surface area contributed by atoms with E-state index in [9.17, 15) is 18.4 Å². The van der Waals surface area contributed by atoms with Crippen molar-refractivity contribution in [2.75, 3.05) is 19.5 Å². The number of aromatic nitrogens is 4. The predicted octanol–water partition coefficient (Wildman–Crippen LogP) is 6.41. The van der Waals surface area contributed by atoms with Crippen molar-refractivity contribution in [1.29, 1.82) is 0 Å². The molecule has 0 saturated heterocycles. The van der Waals surface area contributed by atoms with Gasteiger partial charge in [0.1, 0.15) is 35.0 Å². The average Bonchev–Trinajstić information content (AvgIpc) is 3.37. The number of fused-ring (bicyclic) bond motifs is 3. The molecule has 0 bridgehead atoms. The molecule has 0 radical (unpaired) electrons. The molecular formula is C34H27F2N5O5. The number of rotatable bonds is 7. The first kappa shape index (κ1) is 29.0. The van der Waals surface area contributed by atoms with Gasteiger partial charge in [-0.25, -0.2) is 23.4 Å². The minimum absolute atomic E-state index is 0.107. The van der Waals surface area contributed by atoms with E-state index in [-0.39, 0.29) is 11.3 Å². The molecular weight excluding hydrogens is 596 g/mol. The zero-order chi connectivity index (χ0) is 31.9. The van der Waals surface area contributed by atoms with Crippen LogP contribution in [0, 0.1) is 11.6 Å². The molecule has 2 aromatic heterocycles. The summed E-state index contributed by atoms with van der Waals surface area (Å²) < 4.78 is 48.7. The Bertz CT molecular complexity index is 2230. The van der Waals surface area contributed by atoms with E-state index in [0.717, 1.165) is 35.7 Å². The highest BCUT2D eigenvalue weighted by Crippen LogP contribution is 2.39. The van der Waals surface area contributed by atoms with Crippen LogP contribution in [0.2, 0.25) is 0 Å². The summed E-state index contributed by atoms with van der Waals surface area (Å²) in [6, 6.07) is 17.1. The molecule has 0 atom stereocenters. The van der Waals surface area contributed by atoms with Gasteiger partial charge in [0.2, 0.25) is 5.88 Å². The smallest absolute Gasteiger partial charge is 0.284 e. The van der Waals surface area contributed by atoms with E-state index < -0.39 is 23.1 Å². The van der Waals surface area contributed by atoms with Crippen LogP contribution in [0.5, 0.6) is 23.1 Å². The third kappa shape index (κ3) is 4.87. The number of methoxy groups -OCH3 is 2. The van der Waals surface area contributed by atoms with Crippen LogP contribution in [-0.2, 0) is 13.0 Å². The van der Waals surface area contributed by atoms with Crippen LogP contribution in [-0.4, -0.2) is 39.5 Å². The van der Waals surface area contributed by atoms with Crippen LogP contribution in [0.25, 0.3) is 27.4 Å². The Morgan fingerprint density at radius 1 is 0.870 bits per heavy atom. The lowest BCUT2D eigenvalue weighted by Gasteiger charge is -2.19. The molecule has 46 heavy (non-hydrogen) atoms. The highest BCUT2D eigenvalue weighted by molar-refractivity contribution is 6.10. The number of benzene rings is 4. The minimum Gasteiger partial charge on any atom is -0.493 e. The molecule has 1 N–H and O–H groups in total. The van der Waals surface area contributed by atoms with Gasteiger partial charge in [0.05, 0.1) is 30.8 Å². The Morgan fingerprint density at radius 2 is 1.65 bits per heavy atom. The molecule has 4 aromatic carbocycles. The van der Waals surface area contributed by atoms with E-state index in [4.69, 9.17) is 14.2 Å². The molecule has 3 heterocycles. The number of halogens is 2. The molecule has 7 rings (SSSR count). The fourth-order valence-electron chi connectivity index (χ4n) is 5.95. The standard InChI is InChI=1S/C34H27F2N5O5/c1-44-29-16-22-25(17-30(29)45-2)37-18-38-33(22)46-28-13-12-24(20-7-3-4-8-21(20)28)39-32(42)31-26-9-5-6-14-40(26)41(34(31)43)27-15-19(35)10-11-23(27)36/h3-4,7-8,10-13,15-18H,5-6,9,14H2,1-2H3,(H,39,42). The van der Waals surface area contributed by atoms with Gasteiger partial charge < -0.3 is 19.5 Å². The predicted molar refractivity (Wildman–Crippen MR) is 168 cm³/mol. The summed E-state index contributed by atoms with van der Waals surface area (Å²) in [7, 11) is 3.08. The fourth-order valence-corrected chi connectivity index (χ4v) is 5.95. The Balaban J connectivity index is 1.27. The third-order valence-corrected chi connectivity index (χ3v) is 8.09. The largest absolute Gasteiger partial charge is 0.493 e. The number of nitrogens with zero attached hydrogens (tertiary/aromatic N) is 4. The van der Waals surface area contributed by atoms with Crippen LogP contribution < -0.4 is 25.1 Å².